The van der Waals surface area contributed by atoms with Crippen LogP contribution in [0.5, 0.6) is 0 Å². The average Bonchev–Trinajstić information content (AvgIpc) is 3.54. The van der Waals surface area contributed by atoms with Crippen LogP contribution in [0.2, 0.25) is 0 Å². The van der Waals surface area contributed by atoms with Gasteiger partial charge in [-0.3, -0.25) is 19.2 Å². The van der Waals surface area contributed by atoms with E-state index in [1.807, 2.05) is 46.1 Å². The Kier molecular flexibility index (Phi) is 14.0. The summed E-state index contributed by atoms with van der Waals surface area (Å²) in [6.07, 6.45) is 9.08. The van der Waals surface area contributed by atoms with Gasteiger partial charge in [-0.25, -0.2) is 4.79 Å². The number of hydrogen-bond acceptors (Lipinski definition) is 8. The number of amides is 5. The topological polar surface area (TPSA) is 180 Å². The molecule has 2 heterocycles. The number of Topliss-reactive ketones (excluding diaryl/α,β-unsaturated/α-hetero) is 1. The van der Waals surface area contributed by atoms with Crippen molar-refractivity contribution in [2.75, 3.05) is 19.3 Å². The highest BCUT2D eigenvalue weighted by Gasteiger charge is 2.47. The number of nitrogens with zero attached hydrogens (tertiary/aromatic N) is 1. The van der Waals surface area contributed by atoms with E-state index < -0.39 is 52.6 Å². The van der Waals surface area contributed by atoms with E-state index in [1.165, 1.54) is 0 Å². The maximum Gasteiger partial charge on any atom is 0.315 e. The molecule has 0 aromatic carbocycles. The van der Waals surface area contributed by atoms with Crippen molar-refractivity contribution in [1.82, 2.24) is 26.2 Å². The van der Waals surface area contributed by atoms with Crippen molar-refractivity contribution in [3.8, 4) is 0 Å². The van der Waals surface area contributed by atoms with Gasteiger partial charge in [-0.15, -0.1) is 15.5 Å². The van der Waals surface area contributed by atoms with E-state index in [2.05, 4.69) is 21.3 Å². The summed E-state index contributed by atoms with van der Waals surface area (Å²) in [5.41, 5.74) is 5.03. The number of nitrogens with two attached hydrogens (primary N) is 1. The molecular weight excluding hydrogens is 677 g/mol. The van der Waals surface area contributed by atoms with E-state index in [1.54, 1.807) is 22.5 Å². The summed E-state index contributed by atoms with van der Waals surface area (Å²) in [4.78, 5) is 70.4. The molecule has 2 aliphatic carbocycles. The molecule has 1 aromatic rings. The van der Waals surface area contributed by atoms with Crippen LogP contribution < -0.4 is 27.0 Å². The number of carbonyl (C=O) groups excluding carboxylic acids is 5. The number of thiophene rings is 1. The molecule has 1 aliphatic heterocycles. The zero-order valence-corrected chi connectivity index (χ0v) is 32.3. The van der Waals surface area contributed by atoms with Gasteiger partial charge in [0.05, 0.1) is 10.9 Å². The Hall–Kier alpha value is -2.84. The van der Waals surface area contributed by atoms with Gasteiger partial charge in [-0.05, 0) is 60.1 Å². The van der Waals surface area contributed by atoms with Crippen molar-refractivity contribution in [3.05, 3.63) is 16.3 Å². The molecule has 2 saturated carbocycles. The lowest BCUT2D eigenvalue weighted by Crippen LogP contribution is -2.61. The maximum atomic E-state index is 14.6. The predicted octanol–water partition coefficient (Wildman–Crippen LogP) is 3.40. The van der Waals surface area contributed by atoms with E-state index >= 15 is 0 Å². The van der Waals surface area contributed by atoms with Gasteiger partial charge < -0.3 is 31.9 Å². The van der Waals surface area contributed by atoms with Crippen molar-refractivity contribution >= 4 is 51.7 Å². The van der Waals surface area contributed by atoms with Crippen LogP contribution in [0.3, 0.4) is 0 Å². The molecule has 5 amide bonds. The van der Waals surface area contributed by atoms with Gasteiger partial charge in [0.2, 0.25) is 17.6 Å². The SMILES string of the molecule is CC(C)[C@H]1CCN(C(=O)[C@@H](NC(=O)N[C@H](CNCc2sccc2[SH+](C)=O)C(C)(C)C)C2CCCCC2)[C@@H]1C(=O)NC(CC1CC1)C(=O)C(N)=O. The second-order valence-electron chi connectivity index (χ2n) is 15.9. The second-order valence-corrected chi connectivity index (χ2v) is 18.4. The second kappa shape index (κ2) is 17.6. The first-order valence-corrected chi connectivity index (χ1v) is 20.9. The van der Waals surface area contributed by atoms with Crippen LogP contribution in [0.25, 0.3) is 0 Å². The molecule has 0 bridgehead atoms. The highest BCUT2D eigenvalue weighted by Crippen LogP contribution is 2.36. The molecule has 14 heteroatoms. The highest BCUT2D eigenvalue weighted by molar-refractivity contribution is 7.84. The van der Waals surface area contributed by atoms with Gasteiger partial charge in [-0.1, -0.05) is 66.7 Å². The lowest BCUT2D eigenvalue weighted by molar-refractivity contribution is -0.144. The van der Waals surface area contributed by atoms with Crippen molar-refractivity contribution in [2.24, 2.45) is 34.8 Å². The van der Waals surface area contributed by atoms with Crippen LogP contribution in [-0.2, 0) is 40.7 Å². The Morgan fingerprint density at radius 3 is 2.26 bits per heavy atom. The van der Waals surface area contributed by atoms with Crippen molar-refractivity contribution < 1.29 is 28.2 Å². The van der Waals surface area contributed by atoms with E-state index in [0.29, 0.717) is 32.5 Å². The zero-order valence-electron chi connectivity index (χ0n) is 30.6. The number of carbonyl (C=O) groups is 5. The van der Waals surface area contributed by atoms with E-state index in [-0.39, 0.29) is 41.0 Å². The summed E-state index contributed by atoms with van der Waals surface area (Å²) in [7, 11) is -1.45. The normalized spacial score (nSPS) is 22.4. The van der Waals surface area contributed by atoms with Gasteiger partial charge in [0, 0.05) is 31.7 Å². The monoisotopic (exact) mass is 735 g/mol. The average molecular weight is 736 g/mol. The fourth-order valence-electron chi connectivity index (χ4n) is 7.46. The van der Waals surface area contributed by atoms with Gasteiger partial charge >= 0.3 is 6.03 Å². The molecule has 6 N–H and O–H groups in total. The number of likely N-dealkylation sites (tertiary alicyclic amines) is 1. The Bertz CT molecular complexity index is 1400. The fourth-order valence-corrected chi connectivity index (χ4v) is 9.57. The molecule has 0 spiro atoms. The number of ketones is 1. The van der Waals surface area contributed by atoms with Crippen LogP contribution >= 0.6 is 11.3 Å². The number of urea groups is 1. The lowest BCUT2D eigenvalue weighted by atomic mass is 9.82. The maximum absolute atomic E-state index is 14.6. The Morgan fingerprint density at radius 2 is 1.68 bits per heavy atom. The number of nitrogens with one attached hydrogen (secondary N) is 4. The third-order valence-electron chi connectivity index (χ3n) is 10.7. The first kappa shape index (κ1) is 39.9. The third kappa shape index (κ3) is 10.6. The molecule has 2 unspecified atom stereocenters. The standard InChI is InChI=1S/C36H58N6O6S2/c1-21(2)24-14-16-42(30(24)33(45)39-25(18-22-12-13-22)31(43)32(37)44)34(46)29(23-10-8-7-9-11-23)41-35(47)40-28(36(3,4)5)20-38-19-26-27(50(6)48)15-17-49-26/h15,17,21-25,28-30,38H,7-14,16,18-20H2,1-6H3,(H2,37,44)(H,39,45)(H2,40,41,47)/p+1/t24-,25?,28-,29+,30+,50?/m1/s1. The van der Waals surface area contributed by atoms with Crippen LogP contribution in [-0.4, -0.2) is 77.9 Å². The molecule has 4 rings (SSSR count). The van der Waals surface area contributed by atoms with Gasteiger partial charge in [0.1, 0.15) is 29.1 Å². The summed E-state index contributed by atoms with van der Waals surface area (Å²) in [6, 6.07) is -1.52. The Balaban J connectivity index is 1.50. The van der Waals surface area contributed by atoms with E-state index in [0.717, 1.165) is 54.7 Å². The molecule has 12 nitrogen and oxygen atoms in total. The Labute approximate surface area is 303 Å². The molecule has 50 heavy (non-hydrogen) atoms. The molecule has 0 radical (unpaired) electrons. The van der Waals surface area contributed by atoms with Crippen LogP contribution in [0.1, 0.15) is 97.3 Å². The van der Waals surface area contributed by atoms with Crippen LogP contribution in [0.4, 0.5) is 4.79 Å². The third-order valence-corrected chi connectivity index (χ3v) is 12.9. The molecule has 3 fully saturated rings. The van der Waals surface area contributed by atoms with Gasteiger partial charge in [0.15, 0.2) is 4.90 Å². The van der Waals surface area contributed by atoms with Gasteiger partial charge in [-0.2, -0.15) is 0 Å². The van der Waals surface area contributed by atoms with Crippen molar-refractivity contribution in [3.63, 3.8) is 0 Å². The molecule has 6 atom stereocenters. The first-order valence-electron chi connectivity index (χ1n) is 18.3. The minimum atomic E-state index is -1.45. The van der Waals surface area contributed by atoms with Crippen molar-refractivity contribution in [1.29, 1.82) is 0 Å². The smallest absolute Gasteiger partial charge is 0.315 e. The van der Waals surface area contributed by atoms with Gasteiger partial charge in [0.25, 0.3) is 5.91 Å². The summed E-state index contributed by atoms with van der Waals surface area (Å²) in [5.74, 6) is -2.56. The van der Waals surface area contributed by atoms with Crippen LogP contribution in [0.15, 0.2) is 16.3 Å². The van der Waals surface area contributed by atoms with E-state index in [9.17, 15) is 28.2 Å². The summed E-state index contributed by atoms with van der Waals surface area (Å²) >= 11 is 1.55. The van der Waals surface area contributed by atoms with Crippen LogP contribution in [0, 0.1) is 29.1 Å². The Morgan fingerprint density at radius 1 is 1.00 bits per heavy atom. The number of rotatable bonds is 16. The highest BCUT2D eigenvalue weighted by atomic mass is 32.2. The molecule has 1 aromatic heterocycles. The number of thiol groups is 1. The van der Waals surface area contributed by atoms with E-state index in [4.69, 9.17) is 5.73 Å². The molecule has 1 saturated heterocycles. The number of hydrogen-bond donors (Lipinski definition) is 5. The van der Waals surface area contributed by atoms with Crippen molar-refractivity contribution in [2.45, 2.75) is 128 Å². The minimum absolute atomic E-state index is 0.0740. The fraction of sp³-hybridized carbons (Fsp3) is 0.750. The lowest BCUT2D eigenvalue weighted by Gasteiger charge is -2.37. The summed E-state index contributed by atoms with van der Waals surface area (Å²) < 4.78 is 12.1. The largest absolute Gasteiger partial charge is 0.363 e. The minimum Gasteiger partial charge on any atom is -0.363 e. The summed E-state index contributed by atoms with van der Waals surface area (Å²) in [6.45, 7) is 11.5. The molecular formula is C36H59N6O6S2+. The molecule has 280 valence electrons. The summed E-state index contributed by atoms with van der Waals surface area (Å²) in [5, 5.41) is 14.4. The predicted molar refractivity (Wildman–Crippen MR) is 197 cm³/mol. The zero-order chi connectivity index (χ0) is 36.7. The number of primary amides is 1. The quantitative estimate of drug-likeness (QED) is 0.0981. The first-order chi connectivity index (χ1) is 23.6. The molecule has 3 aliphatic rings.